The molecule has 16 aromatic rings. The highest BCUT2D eigenvalue weighted by atomic mass is 32.1. The Morgan fingerprint density at radius 1 is 0.254 bits per heavy atom. The lowest BCUT2D eigenvalue weighted by atomic mass is 9.93. The highest BCUT2D eigenvalue weighted by Gasteiger charge is 2.22. The molecular weight excluding hydrogens is 927 g/mol. The van der Waals surface area contributed by atoms with Crippen molar-refractivity contribution >= 4 is 138 Å². The van der Waals surface area contributed by atoms with Gasteiger partial charge in [0.25, 0.3) is 0 Å². The van der Waals surface area contributed by atoms with Crippen molar-refractivity contribution in [1.82, 2.24) is 15.0 Å². The summed E-state index contributed by atoms with van der Waals surface area (Å²) in [6.45, 7) is 0. The number of nitrogens with zero attached hydrogens (tertiary/aromatic N) is 3. The van der Waals surface area contributed by atoms with E-state index in [1.54, 1.807) is 22.7 Å². The van der Waals surface area contributed by atoms with Gasteiger partial charge >= 0.3 is 0 Å². The molecule has 0 atom stereocenters. The topological polar surface area (TPSA) is 65.0 Å². The largest absolute Gasteiger partial charge is 0.456 e. The van der Waals surface area contributed by atoms with E-state index < -0.39 is 0 Å². The summed E-state index contributed by atoms with van der Waals surface area (Å²) in [5, 5.41) is 11.7. The van der Waals surface area contributed by atoms with Crippen LogP contribution < -0.4 is 0 Å². The second kappa shape index (κ2) is 15.0. The van der Waals surface area contributed by atoms with Crippen LogP contribution >= 0.6 is 34.0 Å². The second-order valence-corrected chi connectivity index (χ2v) is 21.4. The highest BCUT2D eigenvalue weighted by Crippen LogP contribution is 2.46. The Labute approximate surface area is 416 Å². The standard InChI is InChI=1S/C63H33N3O2S3/c1-4-19-52-40(10-1)43-26-22-35(31-55(43)69-52)39-14-8-18-51-60(39)59-38(13-7-17-50(59)68-51)34-25-29-48-47(30-34)58-46(15-9-16-49(58)67-48)63-65-61(36-23-27-44-41-11-2-5-20-53(41)70-56(44)32-36)64-62(66-63)37-24-28-45-42-12-3-6-21-54(42)71-57(45)33-37/h1-33H. The van der Waals surface area contributed by atoms with Gasteiger partial charge in [-0.05, 0) is 89.0 Å². The molecule has 0 N–H and O–H groups in total. The first-order valence-electron chi connectivity index (χ1n) is 23.5. The molecule has 0 saturated carbocycles. The molecule has 0 unspecified atom stereocenters. The molecule has 6 aromatic heterocycles. The van der Waals surface area contributed by atoms with Crippen molar-refractivity contribution in [3.05, 3.63) is 200 Å². The molecule has 71 heavy (non-hydrogen) atoms. The third-order valence-corrected chi connectivity index (χ3v) is 17.6. The molecule has 5 nitrogen and oxygen atoms in total. The van der Waals surface area contributed by atoms with Gasteiger partial charge in [0.2, 0.25) is 0 Å². The Bertz CT molecular complexity index is 4780. The van der Waals surface area contributed by atoms with E-state index in [1.165, 1.54) is 60.5 Å². The summed E-state index contributed by atoms with van der Waals surface area (Å²) in [5.74, 6) is 1.82. The van der Waals surface area contributed by atoms with Crippen molar-refractivity contribution in [2.75, 3.05) is 0 Å². The Hall–Kier alpha value is -8.53. The SMILES string of the molecule is c1cc(-c2nc(-c3ccc4c(c3)sc3ccccc34)nc(-c3ccc4c(c3)sc3ccccc34)n2)c2c(c1)oc1ccc(-c3cccc4oc5cccc(-c6ccc7c(c6)sc6ccccc67)c5c34)cc12. The molecule has 8 heteroatoms. The van der Waals surface area contributed by atoms with Crippen LogP contribution in [0.3, 0.4) is 0 Å². The minimum absolute atomic E-state index is 0.583. The lowest BCUT2D eigenvalue weighted by molar-refractivity contribution is 0.669. The number of aromatic nitrogens is 3. The average Bonchev–Trinajstić information content (AvgIpc) is 4.25. The van der Waals surface area contributed by atoms with Gasteiger partial charge in [-0.25, -0.2) is 15.0 Å². The smallest absolute Gasteiger partial charge is 0.164 e. The molecule has 10 aromatic carbocycles. The predicted molar refractivity (Wildman–Crippen MR) is 300 cm³/mol. The van der Waals surface area contributed by atoms with Gasteiger partial charge in [-0.3, -0.25) is 0 Å². The molecule has 0 fully saturated rings. The van der Waals surface area contributed by atoms with Crippen molar-refractivity contribution in [2.45, 2.75) is 0 Å². The van der Waals surface area contributed by atoms with Crippen LogP contribution in [0.15, 0.2) is 209 Å². The third kappa shape index (κ3) is 5.99. The summed E-state index contributed by atoms with van der Waals surface area (Å²) < 4.78 is 20.8. The van der Waals surface area contributed by atoms with Crippen LogP contribution in [0.25, 0.3) is 161 Å². The van der Waals surface area contributed by atoms with Crippen molar-refractivity contribution in [3.8, 4) is 56.4 Å². The maximum absolute atomic E-state index is 6.68. The molecule has 16 rings (SSSR count). The van der Waals surface area contributed by atoms with E-state index in [-0.39, 0.29) is 0 Å². The predicted octanol–water partition coefficient (Wildman–Crippen LogP) is 19.1. The van der Waals surface area contributed by atoms with Crippen LogP contribution in [-0.2, 0) is 0 Å². The van der Waals surface area contributed by atoms with Crippen molar-refractivity contribution < 1.29 is 8.83 Å². The minimum atomic E-state index is 0.583. The molecular formula is C63H33N3O2S3. The molecule has 330 valence electrons. The number of thiophene rings is 3. The summed E-state index contributed by atoms with van der Waals surface area (Å²) in [7, 11) is 0. The van der Waals surface area contributed by atoms with Gasteiger partial charge in [-0.1, -0.05) is 133 Å². The van der Waals surface area contributed by atoms with Crippen LogP contribution in [0.4, 0.5) is 0 Å². The molecule has 0 saturated heterocycles. The number of benzene rings is 10. The zero-order chi connectivity index (χ0) is 46.3. The summed E-state index contributed by atoms with van der Waals surface area (Å²) in [4.78, 5) is 15.9. The van der Waals surface area contributed by atoms with Crippen molar-refractivity contribution in [2.24, 2.45) is 0 Å². The van der Waals surface area contributed by atoms with E-state index in [0.717, 1.165) is 82.8 Å². The maximum atomic E-state index is 6.68. The highest BCUT2D eigenvalue weighted by molar-refractivity contribution is 7.26. The minimum Gasteiger partial charge on any atom is -0.456 e. The second-order valence-electron chi connectivity index (χ2n) is 18.2. The van der Waals surface area contributed by atoms with Gasteiger partial charge in [0.1, 0.15) is 22.3 Å². The zero-order valence-corrected chi connectivity index (χ0v) is 39.9. The van der Waals surface area contributed by atoms with Gasteiger partial charge in [0.05, 0.1) is 0 Å². The normalized spacial score (nSPS) is 12.2. The number of furan rings is 2. The van der Waals surface area contributed by atoms with Crippen LogP contribution in [0.2, 0.25) is 0 Å². The van der Waals surface area contributed by atoms with Crippen LogP contribution in [0, 0.1) is 0 Å². The van der Waals surface area contributed by atoms with Gasteiger partial charge < -0.3 is 8.83 Å². The van der Waals surface area contributed by atoms with E-state index >= 15 is 0 Å². The number of hydrogen-bond donors (Lipinski definition) is 0. The molecule has 0 aliphatic heterocycles. The fourth-order valence-corrected chi connectivity index (χ4v) is 14.3. The molecule has 0 amide bonds. The number of rotatable bonds is 5. The van der Waals surface area contributed by atoms with Gasteiger partial charge in [0.15, 0.2) is 17.5 Å². The summed E-state index contributed by atoms with van der Waals surface area (Å²) >= 11 is 5.43. The molecule has 0 aliphatic rings. The zero-order valence-electron chi connectivity index (χ0n) is 37.4. The van der Waals surface area contributed by atoms with Crippen LogP contribution in [-0.4, -0.2) is 15.0 Å². The maximum Gasteiger partial charge on any atom is 0.164 e. The van der Waals surface area contributed by atoms with E-state index in [2.05, 4.69) is 188 Å². The molecule has 6 heterocycles. The molecule has 0 radical (unpaired) electrons. The Morgan fingerprint density at radius 3 is 1.18 bits per heavy atom. The van der Waals surface area contributed by atoms with Crippen LogP contribution in [0.5, 0.6) is 0 Å². The first kappa shape index (κ1) is 39.3. The fraction of sp³-hybridized carbons (Fsp3) is 0. The Kier molecular flexibility index (Phi) is 8.30. The first-order chi connectivity index (χ1) is 35.1. The Balaban J connectivity index is 0.886. The fourth-order valence-electron chi connectivity index (χ4n) is 10.9. The average molecular weight is 960 g/mol. The quantitative estimate of drug-likeness (QED) is 0.172. The Morgan fingerprint density at radius 2 is 0.648 bits per heavy atom. The first-order valence-corrected chi connectivity index (χ1v) is 26.0. The lowest BCUT2D eigenvalue weighted by Gasteiger charge is -2.10. The van der Waals surface area contributed by atoms with Gasteiger partial charge in [0, 0.05) is 98.8 Å². The van der Waals surface area contributed by atoms with Gasteiger partial charge in [-0.2, -0.15) is 0 Å². The monoisotopic (exact) mass is 959 g/mol. The van der Waals surface area contributed by atoms with E-state index in [4.69, 9.17) is 23.8 Å². The third-order valence-electron chi connectivity index (χ3n) is 14.2. The summed E-state index contributed by atoms with van der Waals surface area (Å²) in [6.07, 6.45) is 0. The molecule has 0 aliphatic carbocycles. The van der Waals surface area contributed by atoms with Crippen molar-refractivity contribution in [3.63, 3.8) is 0 Å². The number of hydrogen-bond acceptors (Lipinski definition) is 8. The van der Waals surface area contributed by atoms with Crippen molar-refractivity contribution in [1.29, 1.82) is 0 Å². The van der Waals surface area contributed by atoms with E-state index in [1.807, 2.05) is 23.5 Å². The molecule has 0 spiro atoms. The summed E-state index contributed by atoms with van der Waals surface area (Å²) in [6, 6.07) is 71.3. The van der Waals surface area contributed by atoms with E-state index in [9.17, 15) is 0 Å². The van der Waals surface area contributed by atoms with E-state index in [0.29, 0.717) is 17.5 Å². The lowest BCUT2D eigenvalue weighted by Crippen LogP contribution is -2.00. The number of fused-ring (bicyclic) bond motifs is 15. The summed E-state index contributed by atoms with van der Waals surface area (Å²) in [5.41, 5.74) is 10.5. The van der Waals surface area contributed by atoms with Crippen LogP contribution in [0.1, 0.15) is 0 Å². The molecule has 0 bridgehead atoms. The van der Waals surface area contributed by atoms with Gasteiger partial charge in [-0.15, -0.1) is 34.0 Å².